The highest BCUT2D eigenvalue weighted by atomic mass is 35.5. The molecule has 0 bridgehead atoms. The molecule has 1 aromatic carbocycles. The minimum absolute atomic E-state index is 0.0612. The lowest BCUT2D eigenvalue weighted by Gasteiger charge is -2.36. The normalized spacial score (nSPS) is 16.6. The molecule has 1 N–H and O–H groups in total. The molecule has 0 radical (unpaired) electrons. The summed E-state index contributed by atoms with van der Waals surface area (Å²) in [6.45, 7) is 1.47. The Hall–Kier alpha value is -1.72. The average molecular weight is 363 g/mol. The van der Waals surface area contributed by atoms with Crippen molar-refractivity contribution in [1.82, 2.24) is 4.98 Å². The summed E-state index contributed by atoms with van der Waals surface area (Å²) in [6, 6.07) is 7.56. The summed E-state index contributed by atoms with van der Waals surface area (Å²) in [5.74, 6) is -0.164. The van der Waals surface area contributed by atoms with Crippen molar-refractivity contribution in [2.24, 2.45) is 0 Å². The quantitative estimate of drug-likeness (QED) is 0.791. The minimum Gasteiger partial charge on any atom is -0.301 e. The van der Waals surface area contributed by atoms with Gasteiger partial charge in [0.15, 0.2) is 10.9 Å². The van der Waals surface area contributed by atoms with E-state index in [2.05, 4.69) is 10.3 Å². The summed E-state index contributed by atoms with van der Waals surface area (Å²) in [5.41, 5.74) is 0.761. The Morgan fingerprint density at radius 2 is 2.00 bits per heavy atom. The van der Waals surface area contributed by atoms with Crippen molar-refractivity contribution < 1.29 is 9.59 Å². The first-order valence-electron chi connectivity index (χ1n) is 8.05. The zero-order valence-electron chi connectivity index (χ0n) is 13.5. The minimum atomic E-state index is -0.578. The van der Waals surface area contributed by atoms with Crippen LogP contribution in [0.2, 0.25) is 5.02 Å². The summed E-state index contributed by atoms with van der Waals surface area (Å²) in [6.07, 6.45) is 4.75. The highest BCUT2D eigenvalue weighted by Gasteiger charge is 2.41. The van der Waals surface area contributed by atoms with Crippen LogP contribution in [0.4, 0.5) is 5.13 Å². The highest BCUT2D eigenvalue weighted by molar-refractivity contribution is 7.14. The van der Waals surface area contributed by atoms with E-state index in [1.165, 1.54) is 18.3 Å². The van der Waals surface area contributed by atoms with Crippen molar-refractivity contribution in [3.05, 3.63) is 45.9 Å². The molecule has 126 valence electrons. The second-order valence-electron chi connectivity index (χ2n) is 6.20. The lowest BCUT2D eigenvalue weighted by atomic mass is 9.69. The molecule has 4 nitrogen and oxygen atoms in total. The Labute approximate surface area is 150 Å². The molecule has 1 amide bonds. The van der Waals surface area contributed by atoms with Gasteiger partial charge in [-0.25, -0.2) is 4.98 Å². The largest absolute Gasteiger partial charge is 0.301 e. The van der Waals surface area contributed by atoms with Crippen LogP contribution in [0.15, 0.2) is 29.6 Å². The fraction of sp³-hybridized carbons (Fsp3) is 0.389. The number of carbonyl (C=O) groups is 2. The van der Waals surface area contributed by atoms with Crippen LogP contribution in [0.1, 0.15) is 55.1 Å². The Bertz CT molecular complexity index is 766. The van der Waals surface area contributed by atoms with Gasteiger partial charge in [-0.1, -0.05) is 43.0 Å². The van der Waals surface area contributed by atoms with Crippen molar-refractivity contribution in [2.75, 3.05) is 5.32 Å². The van der Waals surface area contributed by atoms with Crippen molar-refractivity contribution in [2.45, 2.75) is 44.4 Å². The summed E-state index contributed by atoms with van der Waals surface area (Å²) in [5, 5.41) is 5.70. The molecule has 1 aliphatic carbocycles. The predicted octanol–water partition coefficient (Wildman–Crippen LogP) is 4.84. The number of hydrogen-bond donors (Lipinski definition) is 1. The van der Waals surface area contributed by atoms with Crippen LogP contribution in [0.25, 0.3) is 0 Å². The molecule has 1 aliphatic rings. The summed E-state index contributed by atoms with van der Waals surface area (Å²) < 4.78 is 0. The number of benzene rings is 1. The van der Waals surface area contributed by atoms with E-state index in [9.17, 15) is 9.59 Å². The number of nitrogens with one attached hydrogen (secondary N) is 1. The number of halogens is 1. The van der Waals surface area contributed by atoms with Crippen molar-refractivity contribution >= 4 is 39.8 Å². The van der Waals surface area contributed by atoms with Gasteiger partial charge >= 0.3 is 0 Å². The van der Waals surface area contributed by atoms with Crippen LogP contribution in [0, 0.1) is 0 Å². The van der Waals surface area contributed by atoms with E-state index in [4.69, 9.17) is 11.6 Å². The van der Waals surface area contributed by atoms with Gasteiger partial charge in [0, 0.05) is 17.3 Å². The van der Waals surface area contributed by atoms with Gasteiger partial charge in [0.25, 0.3) is 0 Å². The van der Waals surface area contributed by atoms with Crippen LogP contribution in [0.3, 0.4) is 0 Å². The molecule has 24 heavy (non-hydrogen) atoms. The van der Waals surface area contributed by atoms with Crippen molar-refractivity contribution in [3.8, 4) is 0 Å². The van der Waals surface area contributed by atoms with Crippen LogP contribution < -0.4 is 5.32 Å². The van der Waals surface area contributed by atoms with Gasteiger partial charge in [-0.3, -0.25) is 9.59 Å². The van der Waals surface area contributed by atoms with Gasteiger partial charge in [0.2, 0.25) is 5.91 Å². The SMILES string of the molecule is CC(=O)c1csc(NC(=O)C2(c3cccc(Cl)c3)CCCCC2)n1. The smallest absolute Gasteiger partial charge is 0.236 e. The van der Waals surface area contributed by atoms with Gasteiger partial charge in [-0.05, 0) is 30.5 Å². The lowest BCUT2D eigenvalue weighted by Crippen LogP contribution is -2.42. The molecular formula is C18H19ClN2O2S. The molecule has 1 aromatic heterocycles. The zero-order valence-corrected chi connectivity index (χ0v) is 15.0. The van der Waals surface area contributed by atoms with Crippen LogP contribution in [-0.2, 0) is 10.2 Å². The number of amides is 1. The Kier molecular flexibility index (Phi) is 5.01. The number of carbonyl (C=O) groups excluding carboxylic acids is 2. The molecule has 2 aromatic rings. The Morgan fingerprint density at radius 3 is 2.62 bits per heavy atom. The van der Waals surface area contributed by atoms with Crippen molar-refractivity contribution in [1.29, 1.82) is 0 Å². The number of aromatic nitrogens is 1. The van der Waals surface area contributed by atoms with E-state index in [1.54, 1.807) is 5.38 Å². The second kappa shape index (κ2) is 7.03. The molecule has 1 fully saturated rings. The molecule has 3 rings (SSSR count). The number of Topliss-reactive ketones (excluding diaryl/α,β-unsaturated/α-hetero) is 1. The van der Waals surface area contributed by atoms with Gasteiger partial charge in [0.05, 0.1) is 5.41 Å². The molecule has 1 saturated carbocycles. The Balaban J connectivity index is 1.90. The van der Waals surface area contributed by atoms with E-state index in [-0.39, 0.29) is 11.7 Å². The maximum Gasteiger partial charge on any atom is 0.236 e. The number of anilines is 1. The summed E-state index contributed by atoms with van der Waals surface area (Å²) in [4.78, 5) is 28.7. The summed E-state index contributed by atoms with van der Waals surface area (Å²) in [7, 11) is 0. The number of nitrogens with zero attached hydrogens (tertiary/aromatic N) is 1. The molecule has 6 heteroatoms. The molecule has 0 aliphatic heterocycles. The van der Waals surface area contributed by atoms with E-state index in [0.717, 1.165) is 37.7 Å². The second-order valence-corrected chi connectivity index (χ2v) is 7.50. The highest BCUT2D eigenvalue weighted by Crippen LogP contribution is 2.41. The number of ketones is 1. The van der Waals surface area contributed by atoms with Crippen LogP contribution in [-0.4, -0.2) is 16.7 Å². The average Bonchev–Trinajstić information content (AvgIpc) is 3.04. The monoisotopic (exact) mass is 362 g/mol. The van der Waals surface area contributed by atoms with E-state index in [0.29, 0.717) is 15.8 Å². The third-order valence-electron chi connectivity index (χ3n) is 4.60. The van der Waals surface area contributed by atoms with Crippen LogP contribution >= 0.6 is 22.9 Å². The van der Waals surface area contributed by atoms with Gasteiger partial charge in [-0.15, -0.1) is 11.3 Å². The summed E-state index contributed by atoms with van der Waals surface area (Å²) >= 11 is 7.43. The van der Waals surface area contributed by atoms with E-state index < -0.39 is 5.41 Å². The molecule has 1 heterocycles. The Morgan fingerprint density at radius 1 is 1.25 bits per heavy atom. The number of rotatable bonds is 4. The van der Waals surface area contributed by atoms with Gasteiger partial charge in [0.1, 0.15) is 5.69 Å². The molecule has 0 atom stereocenters. The first-order chi connectivity index (χ1) is 11.5. The predicted molar refractivity (Wildman–Crippen MR) is 97.0 cm³/mol. The number of hydrogen-bond acceptors (Lipinski definition) is 4. The van der Waals surface area contributed by atoms with Crippen LogP contribution in [0.5, 0.6) is 0 Å². The van der Waals surface area contributed by atoms with Gasteiger partial charge in [-0.2, -0.15) is 0 Å². The number of thiazole rings is 1. The van der Waals surface area contributed by atoms with Crippen molar-refractivity contribution in [3.63, 3.8) is 0 Å². The zero-order chi connectivity index (χ0) is 17.2. The third kappa shape index (κ3) is 3.37. The first-order valence-corrected chi connectivity index (χ1v) is 9.31. The molecular weight excluding hydrogens is 344 g/mol. The van der Waals surface area contributed by atoms with E-state index in [1.807, 2.05) is 24.3 Å². The third-order valence-corrected chi connectivity index (χ3v) is 5.60. The standard InChI is InChI=1S/C18H19ClN2O2S/c1-12(22)15-11-24-17(20-15)21-16(23)18(8-3-2-4-9-18)13-6-5-7-14(19)10-13/h5-7,10-11H,2-4,8-9H2,1H3,(H,20,21,23). The topological polar surface area (TPSA) is 59.1 Å². The maximum atomic E-state index is 13.1. The molecule has 0 saturated heterocycles. The first kappa shape index (κ1) is 17.1. The maximum absolute atomic E-state index is 13.1. The fourth-order valence-electron chi connectivity index (χ4n) is 3.30. The van der Waals surface area contributed by atoms with E-state index >= 15 is 0 Å². The fourth-order valence-corrected chi connectivity index (χ4v) is 4.23. The van der Waals surface area contributed by atoms with Gasteiger partial charge < -0.3 is 5.32 Å². The molecule has 0 spiro atoms. The lowest BCUT2D eigenvalue weighted by molar-refractivity contribution is -0.122. The molecule has 0 unspecified atom stereocenters.